The first-order valence-electron chi connectivity index (χ1n) is 5.78. The van der Waals surface area contributed by atoms with Crippen LogP contribution in [0.5, 0.6) is 0 Å². The maximum atomic E-state index is 13.4. The highest BCUT2D eigenvalue weighted by molar-refractivity contribution is 7.99. The van der Waals surface area contributed by atoms with E-state index in [2.05, 4.69) is 15.3 Å². The van der Waals surface area contributed by atoms with Crippen LogP contribution >= 0.6 is 11.8 Å². The van der Waals surface area contributed by atoms with E-state index in [1.165, 1.54) is 24.2 Å². The van der Waals surface area contributed by atoms with Gasteiger partial charge in [-0.3, -0.25) is 9.59 Å². The van der Waals surface area contributed by atoms with E-state index in [4.69, 9.17) is 5.11 Å². The Labute approximate surface area is 117 Å². The van der Waals surface area contributed by atoms with Crippen molar-refractivity contribution in [3.8, 4) is 0 Å². The summed E-state index contributed by atoms with van der Waals surface area (Å²) in [5.74, 6) is -1.40. The van der Waals surface area contributed by atoms with Crippen molar-refractivity contribution >= 4 is 34.7 Å². The van der Waals surface area contributed by atoms with Crippen LogP contribution in [0.3, 0.4) is 0 Å². The number of benzene rings is 1. The minimum Gasteiger partial charge on any atom is -0.481 e. The molecule has 0 unspecified atom stereocenters. The number of aromatic nitrogens is 2. The molecule has 0 saturated carbocycles. The number of nitrogens with zero attached hydrogens (tertiary/aromatic N) is 1. The van der Waals surface area contributed by atoms with E-state index in [0.717, 1.165) is 6.07 Å². The van der Waals surface area contributed by atoms with E-state index in [9.17, 15) is 14.0 Å². The van der Waals surface area contributed by atoms with Crippen LogP contribution < -0.4 is 5.32 Å². The lowest BCUT2D eigenvalue weighted by molar-refractivity contribution is -0.133. The first-order valence-corrected chi connectivity index (χ1v) is 6.94. The number of nitrogens with one attached hydrogen (secondary N) is 2. The Bertz CT molecular complexity index is 644. The van der Waals surface area contributed by atoms with Crippen molar-refractivity contribution in [2.24, 2.45) is 0 Å². The molecule has 2 aromatic rings. The van der Waals surface area contributed by atoms with Gasteiger partial charge in [-0.1, -0.05) is 0 Å². The molecule has 1 amide bonds. The van der Waals surface area contributed by atoms with Gasteiger partial charge in [0.15, 0.2) is 0 Å². The zero-order chi connectivity index (χ0) is 14.5. The molecule has 0 aliphatic rings. The van der Waals surface area contributed by atoms with Crippen molar-refractivity contribution in [2.45, 2.75) is 0 Å². The summed E-state index contributed by atoms with van der Waals surface area (Å²) in [4.78, 5) is 29.0. The molecule has 0 spiro atoms. The van der Waals surface area contributed by atoms with Gasteiger partial charge in [-0.05, 0) is 12.1 Å². The summed E-state index contributed by atoms with van der Waals surface area (Å²) in [5, 5.41) is 11.1. The third-order valence-corrected chi connectivity index (χ3v) is 3.43. The van der Waals surface area contributed by atoms with Gasteiger partial charge in [0.1, 0.15) is 11.3 Å². The van der Waals surface area contributed by atoms with Crippen LogP contribution in [0, 0.1) is 5.82 Å². The summed E-state index contributed by atoms with van der Waals surface area (Å²) in [7, 11) is 0. The molecule has 6 nitrogen and oxygen atoms in total. The highest BCUT2D eigenvalue weighted by Gasteiger charge is 2.13. The fourth-order valence-electron chi connectivity index (χ4n) is 1.68. The number of thioether (sulfide) groups is 1. The molecule has 1 aromatic carbocycles. The highest BCUT2D eigenvalue weighted by Crippen LogP contribution is 2.17. The van der Waals surface area contributed by atoms with Gasteiger partial charge in [-0.25, -0.2) is 9.37 Å². The predicted octanol–water partition coefficient (Wildman–Crippen LogP) is 1.25. The van der Waals surface area contributed by atoms with E-state index in [1.807, 2.05) is 0 Å². The lowest BCUT2D eigenvalue weighted by atomic mass is 10.1. The van der Waals surface area contributed by atoms with Crippen LogP contribution in [0.2, 0.25) is 0 Å². The summed E-state index contributed by atoms with van der Waals surface area (Å²) in [6.45, 7) is 0.305. The van der Waals surface area contributed by atoms with Crippen molar-refractivity contribution < 1.29 is 19.1 Å². The van der Waals surface area contributed by atoms with Crippen LogP contribution in [0.1, 0.15) is 10.4 Å². The molecule has 1 heterocycles. The third-order valence-electron chi connectivity index (χ3n) is 2.49. The predicted molar refractivity (Wildman–Crippen MR) is 73.3 cm³/mol. The van der Waals surface area contributed by atoms with E-state index in [1.54, 1.807) is 0 Å². The number of amides is 1. The molecule has 8 heteroatoms. The van der Waals surface area contributed by atoms with Crippen LogP contribution in [0.4, 0.5) is 4.39 Å². The van der Waals surface area contributed by atoms with Crippen molar-refractivity contribution in [1.82, 2.24) is 15.3 Å². The largest absolute Gasteiger partial charge is 0.481 e. The van der Waals surface area contributed by atoms with Crippen LogP contribution in [-0.4, -0.2) is 45.0 Å². The molecular weight excluding hydrogens is 285 g/mol. The quantitative estimate of drug-likeness (QED) is 0.697. The number of H-pyrrole nitrogens is 1. The second-order valence-electron chi connectivity index (χ2n) is 3.95. The molecule has 0 bridgehead atoms. The fourth-order valence-corrected chi connectivity index (χ4v) is 2.24. The molecule has 0 radical (unpaired) electrons. The molecule has 0 atom stereocenters. The highest BCUT2D eigenvalue weighted by atomic mass is 32.2. The summed E-state index contributed by atoms with van der Waals surface area (Å²) in [6.07, 6.45) is 1.39. The van der Waals surface area contributed by atoms with Gasteiger partial charge in [-0.15, -0.1) is 11.8 Å². The smallest absolute Gasteiger partial charge is 0.313 e. The van der Waals surface area contributed by atoms with Crippen molar-refractivity contribution in [1.29, 1.82) is 0 Å². The first kappa shape index (κ1) is 14.3. The molecule has 0 aliphatic carbocycles. The number of imidazole rings is 1. The molecule has 3 N–H and O–H groups in total. The number of aliphatic carboxylic acids is 1. The number of fused-ring (bicyclic) bond motifs is 1. The lowest BCUT2D eigenvalue weighted by Crippen LogP contribution is -2.26. The average Bonchev–Trinajstić information content (AvgIpc) is 2.84. The Morgan fingerprint density at radius 3 is 3.00 bits per heavy atom. The second kappa shape index (κ2) is 6.38. The first-order chi connectivity index (χ1) is 9.58. The number of carbonyl (C=O) groups is 2. The van der Waals surface area contributed by atoms with Crippen LogP contribution in [-0.2, 0) is 4.79 Å². The van der Waals surface area contributed by atoms with Gasteiger partial charge in [0.2, 0.25) is 0 Å². The summed E-state index contributed by atoms with van der Waals surface area (Å²) >= 11 is 1.20. The Balaban J connectivity index is 1.97. The monoisotopic (exact) mass is 297 g/mol. The Kier molecular flexibility index (Phi) is 4.57. The molecule has 2 rings (SSSR count). The van der Waals surface area contributed by atoms with Crippen LogP contribution in [0.15, 0.2) is 18.5 Å². The zero-order valence-corrected chi connectivity index (χ0v) is 11.2. The van der Waals surface area contributed by atoms with Gasteiger partial charge in [0.05, 0.1) is 23.2 Å². The molecule has 20 heavy (non-hydrogen) atoms. The van der Waals surface area contributed by atoms with Crippen molar-refractivity contribution in [3.05, 3.63) is 29.8 Å². The number of carbonyl (C=O) groups excluding carboxylic acids is 1. The molecule has 1 aromatic heterocycles. The normalized spacial score (nSPS) is 10.7. The Morgan fingerprint density at radius 1 is 1.45 bits per heavy atom. The lowest BCUT2D eigenvalue weighted by Gasteiger charge is -2.05. The number of carboxylic acid groups (broad SMARTS) is 1. The number of carboxylic acids is 1. The van der Waals surface area contributed by atoms with Gasteiger partial charge in [0, 0.05) is 12.3 Å². The minimum atomic E-state index is -0.898. The summed E-state index contributed by atoms with van der Waals surface area (Å²) < 4.78 is 13.4. The maximum absolute atomic E-state index is 13.4. The number of rotatable bonds is 6. The second-order valence-corrected chi connectivity index (χ2v) is 5.06. The van der Waals surface area contributed by atoms with Gasteiger partial charge in [-0.2, -0.15) is 0 Å². The Hall–Kier alpha value is -2.09. The number of hydrogen-bond donors (Lipinski definition) is 3. The van der Waals surface area contributed by atoms with E-state index >= 15 is 0 Å². The van der Waals surface area contributed by atoms with Crippen LogP contribution in [0.25, 0.3) is 11.0 Å². The van der Waals surface area contributed by atoms with E-state index in [0.29, 0.717) is 23.3 Å². The number of aromatic amines is 1. The molecule has 0 saturated heterocycles. The molecular formula is C12H12FN3O3S. The standard InChI is InChI=1S/C12H12FN3O3S/c13-7-3-8(11-9(4-7)15-6-16-11)12(19)14-1-2-20-5-10(17)18/h3-4,6H,1-2,5H2,(H,14,19)(H,15,16)(H,17,18). The molecule has 106 valence electrons. The van der Waals surface area contributed by atoms with E-state index in [-0.39, 0.29) is 11.3 Å². The number of hydrogen-bond acceptors (Lipinski definition) is 4. The van der Waals surface area contributed by atoms with Crippen molar-refractivity contribution in [3.63, 3.8) is 0 Å². The topological polar surface area (TPSA) is 95.1 Å². The van der Waals surface area contributed by atoms with Gasteiger partial charge < -0.3 is 15.4 Å². The average molecular weight is 297 g/mol. The van der Waals surface area contributed by atoms with E-state index < -0.39 is 17.7 Å². The summed E-state index contributed by atoms with van der Waals surface area (Å²) in [6, 6.07) is 2.39. The minimum absolute atomic E-state index is 0.0144. The number of halogens is 1. The third kappa shape index (κ3) is 3.47. The van der Waals surface area contributed by atoms with Gasteiger partial charge in [0.25, 0.3) is 5.91 Å². The fraction of sp³-hybridized carbons (Fsp3) is 0.250. The summed E-state index contributed by atoms with van der Waals surface area (Å²) in [5.41, 5.74) is 1.02. The Morgan fingerprint density at radius 2 is 2.25 bits per heavy atom. The van der Waals surface area contributed by atoms with Crippen molar-refractivity contribution in [2.75, 3.05) is 18.1 Å². The maximum Gasteiger partial charge on any atom is 0.313 e. The molecule has 0 aliphatic heterocycles. The SMILES string of the molecule is O=C(O)CSCCNC(=O)c1cc(F)cc2[nH]cnc12. The zero-order valence-electron chi connectivity index (χ0n) is 10.4. The van der Waals surface area contributed by atoms with Gasteiger partial charge >= 0.3 is 5.97 Å². The molecule has 0 fully saturated rings.